The van der Waals surface area contributed by atoms with Crippen LogP contribution in [-0.2, 0) is 9.47 Å². The van der Waals surface area contributed by atoms with Crippen molar-refractivity contribution < 1.29 is 23.6 Å². The topological polar surface area (TPSA) is 78.7 Å². The monoisotopic (exact) mass is 269 g/mol. The van der Waals surface area contributed by atoms with Gasteiger partial charge < -0.3 is 9.47 Å². The number of halogens is 1. The zero-order valence-electron chi connectivity index (χ0n) is 10.0. The summed E-state index contributed by atoms with van der Waals surface area (Å²) in [6, 6.07) is 2.76. The average Bonchev–Trinajstić information content (AvgIpc) is 2.89. The Labute approximate surface area is 108 Å². The van der Waals surface area contributed by atoms with Gasteiger partial charge in [-0.15, -0.1) is 0 Å². The number of rotatable bonds is 4. The highest BCUT2D eigenvalue weighted by atomic mass is 19.1. The third kappa shape index (κ3) is 3.25. The molecule has 0 N–H and O–H groups in total. The zero-order chi connectivity index (χ0) is 13.8. The third-order valence-electron chi connectivity index (χ3n) is 2.85. The van der Waals surface area contributed by atoms with Crippen LogP contribution in [-0.4, -0.2) is 30.7 Å². The maximum atomic E-state index is 13.4. The highest BCUT2D eigenvalue weighted by Crippen LogP contribution is 2.19. The summed E-state index contributed by atoms with van der Waals surface area (Å²) in [4.78, 5) is 21.5. The number of hydrogen-bond donors (Lipinski definition) is 0. The van der Waals surface area contributed by atoms with Crippen molar-refractivity contribution in [1.29, 1.82) is 0 Å². The number of ether oxygens (including phenoxy) is 2. The molecule has 1 aromatic rings. The molecule has 0 radical (unpaired) electrons. The van der Waals surface area contributed by atoms with Crippen LogP contribution in [0.2, 0.25) is 0 Å². The summed E-state index contributed by atoms with van der Waals surface area (Å²) in [6.07, 6.45) is 0.782. The number of carbonyl (C=O) groups excluding carboxylic acids is 1. The Balaban J connectivity index is 2.04. The van der Waals surface area contributed by atoms with E-state index in [1.54, 1.807) is 0 Å². The van der Waals surface area contributed by atoms with E-state index < -0.39 is 22.3 Å². The lowest BCUT2D eigenvalue weighted by atomic mass is 10.1. The summed E-state index contributed by atoms with van der Waals surface area (Å²) >= 11 is 0. The first-order valence-electron chi connectivity index (χ1n) is 5.76. The van der Waals surface area contributed by atoms with Crippen LogP contribution in [0.1, 0.15) is 16.8 Å². The number of non-ortho nitro benzene ring substituents is 1. The molecule has 0 bridgehead atoms. The van der Waals surface area contributed by atoms with Gasteiger partial charge in [-0.1, -0.05) is 0 Å². The van der Waals surface area contributed by atoms with E-state index in [-0.39, 0.29) is 18.2 Å². The predicted octanol–water partition coefficient (Wildman–Crippen LogP) is 1.93. The number of hydrogen-bond acceptors (Lipinski definition) is 5. The van der Waals surface area contributed by atoms with Crippen LogP contribution in [0, 0.1) is 21.8 Å². The largest absolute Gasteiger partial charge is 0.462 e. The third-order valence-corrected chi connectivity index (χ3v) is 2.85. The Morgan fingerprint density at radius 1 is 1.58 bits per heavy atom. The first-order chi connectivity index (χ1) is 9.08. The van der Waals surface area contributed by atoms with Gasteiger partial charge in [0.15, 0.2) is 0 Å². The molecular formula is C12H12FNO5. The Hall–Kier alpha value is -2.02. The van der Waals surface area contributed by atoms with Crippen LogP contribution in [0.3, 0.4) is 0 Å². The lowest BCUT2D eigenvalue weighted by molar-refractivity contribution is -0.384. The second-order valence-electron chi connectivity index (χ2n) is 4.25. The zero-order valence-corrected chi connectivity index (χ0v) is 10.0. The molecule has 1 aromatic carbocycles. The van der Waals surface area contributed by atoms with E-state index in [1.807, 2.05) is 0 Å². The standard InChI is InChI=1S/C12H12FNO5/c13-11-2-1-9(14(16)17)5-10(11)12(15)19-7-8-3-4-18-6-8/h1-2,5,8H,3-4,6-7H2. The highest BCUT2D eigenvalue weighted by Gasteiger charge is 2.21. The molecule has 7 heteroatoms. The fourth-order valence-electron chi connectivity index (χ4n) is 1.77. The molecule has 0 aromatic heterocycles. The van der Waals surface area contributed by atoms with Gasteiger partial charge in [-0.2, -0.15) is 0 Å². The Morgan fingerprint density at radius 2 is 2.37 bits per heavy atom. The fourth-order valence-corrected chi connectivity index (χ4v) is 1.77. The molecule has 0 aliphatic carbocycles. The minimum absolute atomic E-state index is 0.103. The summed E-state index contributed by atoms with van der Waals surface area (Å²) in [7, 11) is 0. The van der Waals surface area contributed by atoms with Crippen molar-refractivity contribution in [2.75, 3.05) is 19.8 Å². The second-order valence-corrected chi connectivity index (χ2v) is 4.25. The first-order valence-corrected chi connectivity index (χ1v) is 5.76. The van der Waals surface area contributed by atoms with Crippen LogP contribution in [0.25, 0.3) is 0 Å². The molecule has 1 fully saturated rings. The van der Waals surface area contributed by atoms with Gasteiger partial charge in [0, 0.05) is 24.7 Å². The first kappa shape index (κ1) is 13.4. The van der Waals surface area contributed by atoms with E-state index in [2.05, 4.69) is 0 Å². The van der Waals surface area contributed by atoms with Crippen LogP contribution in [0.5, 0.6) is 0 Å². The fraction of sp³-hybridized carbons (Fsp3) is 0.417. The van der Waals surface area contributed by atoms with E-state index in [0.29, 0.717) is 13.2 Å². The molecule has 1 heterocycles. The SMILES string of the molecule is O=C(OCC1CCOC1)c1cc([N+](=O)[O-])ccc1F. The van der Waals surface area contributed by atoms with Crippen LogP contribution in [0.15, 0.2) is 18.2 Å². The molecule has 0 spiro atoms. The van der Waals surface area contributed by atoms with Gasteiger partial charge >= 0.3 is 5.97 Å². The number of benzene rings is 1. The molecule has 1 saturated heterocycles. The van der Waals surface area contributed by atoms with Crippen molar-refractivity contribution in [3.8, 4) is 0 Å². The van der Waals surface area contributed by atoms with E-state index in [0.717, 1.165) is 24.6 Å². The summed E-state index contributed by atoms with van der Waals surface area (Å²) < 4.78 is 23.5. The van der Waals surface area contributed by atoms with Gasteiger partial charge in [0.2, 0.25) is 0 Å². The van der Waals surface area contributed by atoms with E-state index >= 15 is 0 Å². The number of nitro groups is 1. The Bertz CT molecular complexity index is 499. The minimum atomic E-state index is -0.895. The van der Waals surface area contributed by atoms with Crippen LogP contribution in [0.4, 0.5) is 10.1 Å². The van der Waals surface area contributed by atoms with Crippen molar-refractivity contribution >= 4 is 11.7 Å². The molecule has 1 atom stereocenters. The summed E-state index contributed by atoms with van der Waals surface area (Å²) in [5.41, 5.74) is -0.773. The summed E-state index contributed by atoms with van der Waals surface area (Å²) in [5, 5.41) is 10.6. The molecule has 102 valence electrons. The van der Waals surface area contributed by atoms with Crippen molar-refractivity contribution in [3.63, 3.8) is 0 Å². The molecule has 19 heavy (non-hydrogen) atoms. The van der Waals surface area contributed by atoms with Crippen molar-refractivity contribution in [1.82, 2.24) is 0 Å². The van der Waals surface area contributed by atoms with Crippen LogP contribution < -0.4 is 0 Å². The van der Waals surface area contributed by atoms with Crippen molar-refractivity contribution in [2.45, 2.75) is 6.42 Å². The van der Waals surface area contributed by atoms with Gasteiger partial charge in [0.25, 0.3) is 5.69 Å². The van der Waals surface area contributed by atoms with E-state index in [4.69, 9.17) is 9.47 Å². The van der Waals surface area contributed by atoms with E-state index in [9.17, 15) is 19.3 Å². The minimum Gasteiger partial charge on any atom is -0.462 e. The normalized spacial score (nSPS) is 18.3. The number of nitro benzene ring substituents is 1. The number of esters is 1. The summed E-state index contributed by atoms with van der Waals surface area (Å²) in [5.74, 6) is -1.63. The number of carbonyl (C=O) groups is 1. The molecule has 1 unspecified atom stereocenters. The molecule has 0 saturated carbocycles. The number of nitrogens with zero attached hydrogens (tertiary/aromatic N) is 1. The lowest BCUT2D eigenvalue weighted by Crippen LogP contribution is -2.15. The van der Waals surface area contributed by atoms with E-state index in [1.165, 1.54) is 0 Å². The predicted molar refractivity (Wildman–Crippen MR) is 62.3 cm³/mol. The molecule has 1 aliphatic heterocycles. The maximum Gasteiger partial charge on any atom is 0.341 e. The molecule has 6 nitrogen and oxygen atoms in total. The lowest BCUT2D eigenvalue weighted by Gasteiger charge is -2.09. The molecular weight excluding hydrogens is 257 g/mol. The summed E-state index contributed by atoms with van der Waals surface area (Å²) in [6.45, 7) is 1.25. The van der Waals surface area contributed by atoms with Crippen molar-refractivity contribution in [3.05, 3.63) is 39.7 Å². The Morgan fingerprint density at radius 3 is 3.00 bits per heavy atom. The van der Waals surface area contributed by atoms with Crippen molar-refractivity contribution in [2.24, 2.45) is 5.92 Å². The molecule has 0 amide bonds. The van der Waals surface area contributed by atoms with Gasteiger partial charge in [0.05, 0.1) is 18.1 Å². The maximum absolute atomic E-state index is 13.4. The van der Waals surface area contributed by atoms with Gasteiger partial charge in [-0.25, -0.2) is 9.18 Å². The van der Waals surface area contributed by atoms with Gasteiger partial charge in [-0.05, 0) is 12.5 Å². The smallest absolute Gasteiger partial charge is 0.341 e. The quantitative estimate of drug-likeness (QED) is 0.474. The average molecular weight is 269 g/mol. The second kappa shape index (κ2) is 5.75. The van der Waals surface area contributed by atoms with Crippen LogP contribution >= 0.6 is 0 Å². The molecule has 1 aliphatic rings. The Kier molecular flexibility index (Phi) is 4.06. The molecule has 2 rings (SSSR count). The highest BCUT2D eigenvalue weighted by molar-refractivity contribution is 5.90. The van der Waals surface area contributed by atoms with Gasteiger partial charge in [0.1, 0.15) is 11.4 Å². The van der Waals surface area contributed by atoms with Gasteiger partial charge in [-0.3, -0.25) is 10.1 Å².